The van der Waals surface area contributed by atoms with Crippen LogP contribution in [0.3, 0.4) is 0 Å². The molecule has 1 unspecified atom stereocenters. The molecule has 1 saturated heterocycles. The van der Waals surface area contributed by atoms with Crippen LogP contribution in [-0.4, -0.2) is 34.0 Å². The number of carboxylic acid groups (broad SMARTS) is 1. The van der Waals surface area contributed by atoms with Crippen LogP contribution in [0.15, 0.2) is 41.2 Å². The predicted molar refractivity (Wildman–Crippen MR) is 82.3 cm³/mol. The number of nitrogens with zero attached hydrogens (tertiary/aromatic N) is 2. The molecule has 1 fully saturated rings. The van der Waals surface area contributed by atoms with E-state index in [1.807, 2.05) is 24.4 Å². The third kappa shape index (κ3) is 3.14. The summed E-state index contributed by atoms with van der Waals surface area (Å²) in [5, 5.41) is 13.4. The highest BCUT2D eigenvalue weighted by molar-refractivity contribution is 7.08. The van der Waals surface area contributed by atoms with E-state index in [0.717, 1.165) is 18.8 Å². The van der Waals surface area contributed by atoms with Crippen LogP contribution in [-0.2, 0) is 4.79 Å². The molecule has 0 bridgehead atoms. The number of carboxylic acids is 1. The quantitative estimate of drug-likeness (QED) is 0.943. The zero-order chi connectivity index (χ0) is 14.7. The Morgan fingerprint density at radius 1 is 1.33 bits per heavy atom. The number of hydrogen-bond donors (Lipinski definition) is 1. The van der Waals surface area contributed by atoms with Gasteiger partial charge in [0.2, 0.25) is 0 Å². The summed E-state index contributed by atoms with van der Waals surface area (Å²) >= 11 is 1.68. The summed E-state index contributed by atoms with van der Waals surface area (Å²) in [6.07, 6.45) is 3.24. The van der Waals surface area contributed by atoms with Crippen molar-refractivity contribution < 1.29 is 9.90 Å². The van der Waals surface area contributed by atoms with E-state index >= 15 is 0 Å². The van der Waals surface area contributed by atoms with E-state index in [2.05, 4.69) is 26.7 Å². The molecule has 4 nitrogen and oxygen atoms in total. The maximum absolute atomic E-state index is 11.1. The average Bonchev–Trinajstić information content (AvgIpc) is 3.03. The molecular formula is C16H18N2O2S. The minimum Gasteiger partial charge on any atom is -0.481 e. The second-order valence-corrected chi connectivity index (χ2v) is 6.14. The first kappa shape index (κ1) is 14.2. The van der Waals surface area contributed by atoms with Crippen LogP contribution in [0.25, 0.3) is 0 Å². The molecule has 0 aliphatic carbocycles. The van der Waals surface area contributed by atoms with Crippen molar-refractivity contribution in [1.29, 1.82) is 0 Å². The van der Waals surface area contributed by atoms with Crippen molar-refractivity contribution in [3.05, 3.63) is 52.5 Å². The number of piperidine rings is 1. The summed E-state index contributed by atoms with van der Waals surface area (Å²) < 4.78 is 0. The summed E-state index contributed by atoms with van der Waals surface area (Å²) in [6.45, 7) is 1.60. The van der Waals surface area contributed by atoms with Gasteiger partial charge in [-0.3, -0.25) is 14.7 Å². The molecule has 2 aromatic heterocycles. The fourth-order valence-electron chi connectivity index (χ4n) is 2.94. The van der Waals surface area contributed by atoms with Gasteiger partial charge in [-0.05, 0) is 60.5 Å². The SMILES string of the molecule is O=C(O)C1CCN(C(c2ccsc2)c2ccccn2)CC1. The Morgan fingerprint density at radius 3 is 2.71 bits per heavy atom. The van der Waals surface area contributed by atoms with Gasteiger partial charge in [-0.1, -0.05) is 6.07 Å². The van der Waals surface area contributed by atoms with Crippen molar-refractivity contribution >= 4 is 17.3 Å². The van der Waals surface area contributed by atoms with Crippen LogP contribution in [0.4, 0.5) is 0 Å². The van der Waals surface area contributed by atoms with Gasteiger partial charge in [0.25, 0.3) is 0 Å². The second-order valence-electron chi connectivity index (χ2n) is 5.36. The number of carbonyl (C=O) groups is 1. The van der Waals surface area contributed by atoms with Crippen molar-refractivity contribution in [2.45, 2.75) is 18.9 Å². The summed E-state index contributed by atoms with van der Waals surface area (Å²) in [4.78, 5) is 18.0. The molecule has 21 heavy (non-hydrogen) atoms. The summed E-state index contributed by atoms with van der Waals surface area (Å²) in [7, 11) is 0. The van der Waals surface area contributed by atoms with E-state index in [4.69, 9.17) is 5.11 Å². The Hall–Kier alpha value is -1.72. The first-order chi connectivity index (χ1) is 10.3. The van der Waals surface area contributed by atoms with Crippen LogP contribution in [0.2, 0.25) is 0 Å². The highest BCUT2D eigenvalue weighted by atomic mass is 32.1. The molecule has 3 rings (SSSR count). The monoisotopic (exact) mass is 302 g/mol. The molecule has 1 N–H and O–H groups in total. The smallest absolute Gasteiger partial charge is 0.306 e. The Labute approximate surface area is 128 Å². The number of pyridine rings is 1. The van der Waals surface area contributed by atoms with Gasteiger partial charge in [-0.25, -0.2) is 0 Å². The van der Waals surface area contributed by atoms with Gasteiger partial charge < -0.3 is 5.11 Å². The van der Waals surface area contributed by atoms with Gasteiger partial charge in [0, 0.05) is 6.20 Å². The van der Waals surface area contributed by atoms with Crippen LogP contribution >= 0.6 is 11.3 Å². The Kier molecular flexibility index (Phi) is 4.31. The van der Waals surface area contributed by atoms with Gasteiger partial charge in [-0.2, -0.15) is 11.3 Å². The number of likely N-dealkylation sites (tertiary alicyclic amines) is 1. The van der Waals surface area contributed by atoms with Gasteiger partial charge in [0.15, 0.2) is 0 Å². The normalized spacial score (nSPS) is 18.5. The van der Waals surface area contributed by atoms with E-state index in [9.17, 15) is 4.79 Å². The Balaban J connectivity index is 1.83. The van der Waals surface area contributed by atoms with Crippen LogP contribution in [0.5, 0.6) is 0 Å². The molecule has 2 aromatic rings. The molecule has 3 heterocycles. The summed E-state index contributed by atoms with van der Waals surface area (Å²) in [6, 6.07) is 8.24. The van der Waals surface area contributed by atoms with Crippen LogP contribution in [0.1, 0.15) is 30.1 Å². The van der Waals surface area contributed by atoms with E-state index in [1.165, 1.54) is 5.56 Å². The number of rotatable bonds is 4. The first-order valence-corrected chi connectivity index (χ1v) is 8.10. The van der Waals surface area contributed by atoms with Crippen molar-refractivity contribution in [3.63, 3.8) is 0 Å². The van der Waals surface area contributed by atoms with E-state index < -0.39 is 5.97 Å². The van der Waals surface area contributed by atoms with Crippen molar-refractivity contribution in [2.75, 3.05) is 13.1 Å². The van der Waals surface area contributed by atoms with E-state index in [1.54, 1.807) is 11.3 Å². The fourth-order valence-corrected chi connectivity index (χ4v) is 3.62. The highest BCUT2D eigenvalue weighted by Gasteiger charge is 2.30. The van der Waals surface area contributed by atoms with Gasteiger partial charge in [0.1, 0.15) is 0 Å². The Morgan fingerprint density at radius 2 is 2.14 bits per heavy atom. The molecule has 0 radical (unpaired) electrons. The molecule has 0 saturated carbocycles. The lowest BCUT2D eigenvalue weighted by Crippen LogP contribution is -2.39. The number of thiophene rings is 1. The van der Waals surface area contributed by atoms with E-state index in [0.29, 0.717) is 12.8 Å². The minimum atomic E-state index is -0.667. The van der Waals surface area contributed by atoms with E-state index in [-0.39, 0.29) is 12.0 Å². The predicted octanol–water partition coefficient (Wildman–Crippen LogP) is 3.03. The van der Waals surface area contributed by atoms with Crippen molar-refractivity contribution in [2.24, 2.45) is 5.92 Å². The maximum atomic E-state index is 11.1. The maximum Gasteiger partial charge on any atom is 0.306 e. The first-order valence-electron chi connectivity index (χ1n) is 7.15. The fraction of sp³-hybridized carbons (Fsp3) is 0.375. The molecule has 1 aliphatic rings. The lowest BCUT2D eigenvalue weighted by molar-refractivity contribution is -0.143. The largest absolute Gasteiger partial charge is 0.481 e. The molecular weight excluding hydrogens is 284 g/mol. The van der Waals surface area contributed by atoms with Crippen molar-refractivity contribution in [1.82, 2.24) is 9.88 Å². The summed E-state index contributed by atoms with van der Waals surface area (Å²) in [5.41, 5.74) is 2.28. The van der Waals surface area contributed by atoms with Gasteiger partial charge in [0.05, 0.1) is 17.7 Å². The van der Waals surface area contributed by atoms with Gasteiger partial charge in [-0.15, -0.1) is 0 Å². The zero-order valence-corrected chi connectivity index (χ0v) is 12.5. The number of hydrogen-bond acceptors (Lipinski definition) is 4. The zero-order valence-electron chi connectivity index (χ0n) is 11.7. The standard InChI is InChI=1S/C16H18N2O2S/c19-16(20)12-4-8-18(9-5-12)15(13-6-10-21-11-13)14-3-1-2-7-17-14/h1-3,6-7,10-12,15H,4-5,8-9H2,(H,19,20). The average molecular weight is 302 g/mol. The minimum absolute atomic E-state index is 0.132. The van der Waals surface area contributed by atoms with Crippen LogP contribution in [0, 0.1) is 5.92 Å². The summed E-state index contributed by atoms with van der Waals surface area (Å²) in [5.74, 6) is -0.868. The molecule has 0 spiro atoms. The lowest BCUT2D eigenvalue weighted by atomic mass is 9.94. The van der Waals surface area contributed by atoms with Gasteiger partial charge >= 0.3 is 5.97 Å². The Bertz CT molecular complexity index is 578. The highest BCUT2D eigenvalue weighted by Crippen LogP contribution is 2.32. The topological polar surface area (TPSA) is 53.4 Å². The third-order valence-electron chi connectivity index (χ3n) is 4.07. The molecule has 1 aliphatic heterocycles. The lowest BCUT2D eigenvalue weighted by Gasteiger charge is -2.36. The van der Waals surface area contributed by atoms with Crippen molar-refractivity contribution in [3.8, 4) is 0 Å². The molecule has 110 valence electrons. The number of aromatic nitrogens is 1. The molecule has 5 heteroatoms. The molecule has 0 aromatic carbocycles. The third-order valence-corrected chi connectivity index (χ3v) is 4.77. The van der Waals surface area contributed by atoms with Crippen LogP contribution < -0.4 is 0 Å². The molecule has 1 atom stereocenters. The second kappa shape index (κ2) is 6.37. The number of aliphatic carboxylic acids is 1. The molecule has 0 amide bonds.